The molecule has 0 saturated heterocycles. The molecule has 18 nitrogen and oxygen atoms in total. The summed E-state index contributed by atoms with van der Waals surface area (Å²) in [5.74, 6) is 35.3. The van der Waals surface area contributed by atoms with Crippen molar-refractivity contribution in [2.24, 2.45) is 0 Å². The van der Waals surface area contributed by atoms with Crippen molar-refractivity contribution >= 4 is 64.6 Å². The Balaban J connectivity index is 1.24. The molecule has 6 aromatic heterocycles. The maximum atomic E-state index is 14.6. The van der Waals surface area contributed by atoms with Crippen molar-refractivity contribution in [2.75, 3.05) is 0 Å². The van der Waals surface area contributed by atoms with E-state index in [1.54, 1.807) is 83.1 Å². The van der Waals surface area contributed by atoms with Crippen molar-refractivity contribution in [2.45, 2.75) is 193 Å². The van der Waals surface area contributed by atoms with Crippen LogP contribution in [0.1, 0.15) is 160 Å². The molecule has 18 bridgehead atoms. The molecule has 0 spiro atoms. The monoisotopic (exact) mass is 1210 g/mol. The summed E-state index contributed by atoms with van der Waals surface area (Å²) in [6.45, 7) is 20.9. The Morgan fingerprint density at radius 3 is 0.367 bits per heavy atom. The van der Waals surface area contributed by atoms with Gasteiger partial charge in [-0.3, -0.25) is 84.9 Å². The minimum Gasteiger partial charge on any atom is -0.269 e. The highest BCUT2D eigenvalue weighted by Crippen LogP contribution is 2.31. The van der Waals surface area contributed by atoms with Crippen molar-refractivity contribution in [1.82, 2.24) is 27.4 Å². The summed E-state index contributed by atoms with van der Waals surface area (Å²) < 4.78 is 6.10. The Labute approximate surface area is 514 Å². The van der Waals surface area contributed by atoms with Crippen LogP contribution in [0.2, 0.25) is 0 Å². The number of hydrogen-bond acceptors (Lipinski definition) is 12. The van der Waals surface area contributed by atoms with Gasteiger partial charge < -0.3 is 0 Å². The minimum absolute atomic E-state index is 0.119. The Morgan fingerprint density at radius 2 is 0.289 bits per heavy atom. The molecule has 4 aliphatic heterocycles. The number of aromatic nitrogens is 6. The molecule has 3 aromatic carbocycles. The summed E-state index contributed by atoms with van der Waals surface area (Å²) in [5, 5.41) is -1.43. The van der Waals surface area contributed by atoms with Gasteiger partial charge in [-0.1, -0.05) is 119 Å². The molecule has 0 N–H and O–H groups in total. The fourth-order valence-electron chi connectivity index (χ4n) is 13.9. The maximum Gasteiger partial charge on any atom is 0.262 e. The van der Waals surface area contributed by atoms with Gasteiger partial charge in [0.25, 0.3) is 66.7 Å². The largest absolute Gasteiger partial charge is 0.269 e. The lowest BCUT2D eigenvalue weighted by Crippen LogP contribution is -2.44. The Kier molecular flexibility index (Phi) is 15.7. The van der Waals surface area contributed by atoms with Crippen LogP contribution in [0.15, 0.2) is 93.9 Å². The van der Waals surface area contributed by atoms with Crippen LogP contribution >= 0.6 is 0 Å². The van der Waals surface area contributed by atoms with Crippen LogP contribution in [-0.4, -0.2) is 27.4 Å². The van der Waals surface area contributed by atoms with Gasteiger partial charge in [-0.15, -0.1) is 0 Å². The molecule has 0 atom stereocenters. The van der Waals surface area contributed by atoms with E-state index in [-0.39, 0.29) is 142 Å². The molecule has 0 aliphatic carbocycles. The van der Waals surface area contributed by atoms with E-state index in [4.69, 9.17) is 0 Å². The second-order valence-electron chi connectivity index (χ2n) is 23.4. The molecular weight excluding hydrogens is 1140 g/mol. The first kappa shape index (κ1) is 62.9. The van der Waals surface area contributed by atoms with Crippen molar-refractivity contribution in [3.8, 4) is 71.0 Å². The number of hydrogen-bond donors (Lipinski definition) is 0. The van der Waals surface area contributed by atoms with Gasteiger partial charge in [-0.05, 0) is 149 Å². The average molecular weight is 1210 g/mol. The molecular formula is C72H66N6O12. The number of rotatable bonds is 12. The van der Waals surface area contributed by atoms with Crippen molar-refractivity contribution in [3.05, 3.63) is 161 Å². The third-order valence-corrected chi connectivity index (χ3v) is 20.2. The molecule has 0 saturated carbocycles. The summed E-state index contributed by atoms with van der Waals surface area (Å²) >= 11 is 0. The van der Waals surface area contributed by atoms with E-state index in [0.29, 0.717) is 0 Å². The molecule has 456 valence electrons. The van der Waals surface area contributed by atoms with Crippen molar-refractivity contribution in [3.63, 3.8) is 0 Å². The summed E-state index contributed by atoms with van der Waals surface area (Å²) in [4.78, 5) is 175. The highest BCUT2D eigenvalue weighted by Gasteiger charge is 2.40. The first-order valence-corrected chi connectivity index (χ1v) is 30.9. The van der Waals surface area contributed by atoms with Gasteiger partial charge in [0, 0.05) is 0 Å². The van der Waals surface area contributed by atoms with Crippen molar-refractivity contribution < 1.29 is 0 Å². The fraction of sp³-hybridized carbons (Fsp3) is 0.417. The Morgan fingerprint density at radius 1 is 0.200 bits per heavy atom. The Bertz CT molecular complexity index is 4570. The summed E-state index contributed by atoms with van der Waals surface area (Å²) in [7, 11) is 0. The van der Waals surface area contributed by atoms with Gasteiger partial charge in [0.1, 0.15) is 33.2 Å². The van der Waals surface area contributed by atoms with Crippen LogP contribution < -0.4 is 66.7 Å². The van der Waals surface area contributed by atoms with Crippen LogP contribution in [-0.2, 0) is 33.2 Å². The van der Waals surface area contributed by atoms with Crippen LogP contribution in [0.4, 0.5) is 0 Å². The van der Waals surface area contributed by atoms with Crippen LogP contribution in [0.5, 0.6) is 0 Å². The second-order valence-corrected chi connectivity index (χ2v) is 23.4. The second kappa shape index (κ2) is 22.5. The van der Waals surface area contributed by atoms with E-state index in [9.17, 15) is 57.5 Å². The third kappa shape index (κ3) is 8.48. The lowest BCUT2D eigenvalue weighted by Gasteiger charge is -2.26. The third-order valence-electron chi connectivity index (χ3n) is 20.2. The quantitative estimate of drug-likeness (QED) is 0.130. The molecule has 0 amide bonds. The highest BCUT2D eigenvalue weighted by molar-refractivity contribution is 6.00. The normalized spacial score (nSPS) is 16.3. The first-order valence-electron chi connectivity index (χ1n) is 30.9. The SMILES string of the molecule is CCC1(CC)C#CC#CC(CC)(CC)n2c(=O)c3cc4c(=O)n(c(=O)c4cc3c2=O)C(CC)(CC)C#CC#CC(CC)(CC)n2c(=O)c3cc4c(=O)n(c(=O)c4cc3c2=O)C(CC)(CC)C#CC#CC(CC)(CC)n2c(=O)c3cc4c(=O)n1c(=O)c4cc3c2=O. The van der Waals surface area contributed by atoms with E-state index in [0.717, 1.165) is 27.4 Å². The predicted octanol–water partition coefficient (Wildman–Crippen LogP) is 5.89. The van der Waals surface area contributed by atoms with Crippen molar-refractivity contribution in [1.29, 1.82) is 0 Å². The molecule has 13 rings (SSSR count). The van der Waals surface area contributed by atoms with E-state index >= 15 is 0 Å². The minimum atomic E-state index is -1.46. The molecule has 4 aliphatic rings. The summed E-state index contributed by atoms with van der Waals surface area (Å²) in [6.07, 6.45) is 1.60. The maximum absolute atomic E-state index is 14.6. The smallest absolute Gasteiger partial charge is 0.262 e. The van der Waals surface area contributed by atoms with Gasteiger partial charge >= 0.3 is 0 Å². The molecule has 90 heavy (non-hydrogen) atoms. The first-order chi connectivity index (χ1) is 42.9. The van der Waals surface area contributed by atoms with E-state index < -0.39 is 99.9 Å². The Hall–Kier alpha value is -10.1. The zero-order valence-electron chi connectivity index (χ0n) is 52.5. The summed E-state index contributed by atoms with van der Waals surface area (Å²) in [5.41, 5.74) is -17.8. The molecule has 0 fully saturated rings. The fourth-order valence-corrected chi connectivity index (χ4v) is 13.9. The molecule has 0 radical (unpaired) electrons. The number of benzene rings is 3. The van der Waals surface area contributed by atoms with Gasteiger partial charge in [-0.25, -0.2) is 0 Å². The van der Waals surface area contributed by atoms with Crippen LogP contribution in [0.3, 0.4) is 0 Å². The highest BCUT2D eigenvalue weighted by atomic mass is 16.2. The topological polar surface area (TPSA) is 234 Å². The molecule has 9 aromatic rings. The standard InChI is InChI=1S/C72H66N6O12/c1-13-67(14-2)31-25-26-32-68(15-3,16-4)74-59(83)47-39-49-50(40-48(47)60(74)84)62(86)76(61(49)85)71(21-9,22-10)35-29-30-36-72(23-11,24-12)78-65(89)53-41-51-52(42-54(53)66(78)90)64(88)77(63(51)87)70(19-7,20-8)34-28-27-33-69(17-5,18-6)75-57(81)45-37-43-44(38-46(45)58(75)82)56(80)73(67)55(43)79/h37-42H,13-24H2,1-12H3. The van der Waals surface area contributed by atoms with Gasteiger partial charge in [0.2, 0.25) is 0 Å². The van der Waals surface area contributed by atoms with E-state index in [2.05, 4.69) is 71.0 Å². The molecule has 0 unspecified atom stereocenters. The zero-order chi connectivity index (χ0) is 65.5. The predicted molar refractivity (Wildman–Crippen MR) is 353 cm³/mol. The molecule has 18 heteroatoms. The van der Waals surface area contributed by atoms with Crippen LogP contribution in [0, 0.1) is 71.0 Å². The lowest BCUT2D eigenvalue weighted by molar-refractivity contribution is 0.345. The lowest BCUT2D eigenvalue weighted by atomic mass is 9.92. The van der Waals surface area contributed by atoms with Gasteiger partial charge in [-0.2, -0.15) is 0 Å². The van der Waals surface area contributed by atoms with E-state index in [1.807, 2.05) is 0 Å². The summed E-state index contributed by atoms with van der Waals surface area (Å²) in [6, 6.07) is 7.49. The zero-order valence-corrected chi connectivity index (χ0v) is 52.5. The van der Waals surface area contributed by atoms with Crippen LogP contribution in [0.25, 0.3) is 64.6 Å². The van der Waals surface area contributed by atoms with E-state index in [1.165, 1.54) is 36.4 Å². The number of nitrogens with zero attached hydrogens (tertiary/aromatic N) is 6. The van der Waals surface area contributed by atoms with Gasteiger partial charge in [0.05, 0.1) is 64.6 Å². The average Bonchev–Trinajstić information content (AvgIpc) is 1.58. The van der Waals surface area contributed by atoms with Gasteiger partial charge in [0.15, 0.2) is 0 Å². The molecule has 10 heterocycles.